The van der Waals surface area contributed by atoms with E-state index in [4.69, 9.17) is 0 Å². The molecule has 168 valence electrons. The number of nitrogens with zero attached hydrogens (tertiary/aromatic N) is 4. The Morgan fingerprint density at radius 3 is 2.74 bits per heavy atom. The number of rotatable bonds is 11. The zero-order chi connectivity index (χ0) is 22.3. The van der Waals surface area contributed by atoms with Gasteiger partial charge < -0.3 is 15.5 Å². The molecular formula is C25H38N6. The number of hydrogen-bond donors (Lipinski definition) is 2. The Bertz CT molecular complexity index is 759. The summed E-state index contributed by atoms with van der Waals surface area (Å²) in [5.74, 6) is 0.815. The molecule has 3 rings (SSSR count). The van der Waals surface area contributed by atoms with E-state index in [0.29, 0.717) is 0 Å². The summed E-state index contributed by atoms with van der Waals surface area (Å²) in [6.07, 6.45) is 18.3. The highest BCUT2D eigenvalue weighted by atomic mass is 15.2. The molecule has 6 heteroatoms. The second-order valence-corrected chi connectivity index (χ2v) is 8.20. The first-order chi connectivity index (χ1) is 15.1. The van der Waals surface area contributed by atoms with Crippen molar-refractivity contribution < 1.29 is 0 Å². The second kappa shape index (κ2) is 14.3. The van der Waals surface area contributed by atoms with Crippen molar-refractivity contribution in [1.82, 2.24) is 25.4 Å². The molecule has 0 saturated heterocycles. The summed E-state index contributed by atoms with van der Waals surface area (Å²) in [5.41, 5.74) is 3.42. The third kappa shape index (κ3) is 11.9. The van der Waals surface area contributed by atoms with Gasteiger partial charge in [-0.3, -0.25) is 14.9 Å². The minimum atomic E-state index is 0.781. The molecule has 6 nitrogen and oxygen atoms in total. The normalized spacial score (nSPS) is 16.0. The first-order valence-electron chi connectivity index (χ1n) is 11.0. The van der Waals surface area contributed by atoms with Crippen molar-refractivity contribution in [3.8, 4) is 0 Å². The van der Waals surface area contributed by atoms with Crippen LogP contribution in [0.4, 0.5) is 0 Å². The van der Waals surface area contributed by atoms with Crippen LogP contribution in [0.5, 0.6) is 0 Å². The zero-order valence-electron chi connectivity index (χ0n) is 19.3. The number of likely N-dealkylation sites (N-methyl/N-ethyl adjacent to an activating group) is 2. The molecule has 1 saturated carbocycles. The fraction of sp³-hybridized carbons (Fsp3) is 0.440. The monoisotopic (exact) mass is 422 g/mol. The standard InChI is InChI=1S/C15H18N2.C10H20N4/c1-2-15(7-3-5-13-8-9-13)17-12-14-6-4-10-16-11-14;1-13(2)6-7-14(3)9-10-8-11-4-5-12-10/h2-7,10-11,13,17H,1,8-9,12H2;4-5,11H,6-9H2,1-3H3/b5-3+,15-7+;. The lowest BCUT2D eigenvalue weighted by atomic mass is 10.2. The van der Waals surface area contributed by atoms with Crippen LogP contribution < -0.4 is 10.6 Å². The molecule has 1 aromatic heterocycles. The van der Waals surface area contributed by atoms with Crippen LogP contribution in [0.2, 0.25) is 0 Å². The van der Waals surface area contributed by atoms with E-state index < -0.39 is 0 Å². The predicted molar refractivity (Wildman–Crippen MR) is 132 cm³/mol. The zero-order valence-corrected chi connectivity index (χ0v) is 19.3. The van der Waals surface area contributed by atoms with Gasteiger partial charge in [0.25, 0.3) is 0 Å². The van der Waals surface area contributed by atoms with Gasteiger partial charge >= 0.3 is 0 Å². The van der Waals surface area contributed by atoms with Crippen molar-refractivity contribution in [2.45, 2.75) is 19.4 Å². The molecule has 0 bridgehead atoms. The van der Waals surface area contributed by atoms with Gasteiger partial charge in [-0.1, -0.05) is 24.8 Å². The highest BCUT2D eigenvalue weighted by Crippen LogP contribution is 2.29. The maximum Gasteiger partial charge on any atom is 0.0542 e. The van der Waals surface area contributed by atoms with E-state index in [1.54, 1.807) is 6.20 Å². The number of nitrogens with one attached hydrogen (secondary N) is 2. The molecule has 2 aliphatic rings. The number of hydrogen-bond acceptors (Lipinski definition) is 6. The summed E-state index contributed by atoms with van der Waals surface area (Å²) in [5, 5.41) is 6.49. The molecule has 2 heterocycles. The lowest BCUT2D eigenvalue weighted by Gasteiger charge is -2.20. The molecule has 1 aliphatic heterocycles. The molecule has 0 atom stereocenters. The van der Waals surface area contributed by atoms with E-state index >= 15 is 0 Å². The minimum absolute atomic E-state index is 0.781. The van der Waals surface area contributed by atoms with Gasteiger partial charge in [-0.2, -0.15) is 0 Å². The van der Waals surface area contributed by atoms with E-state index in [1.807, 2.05) is 30.7 Å². The molecule has 1 aromatic rings. The number of aliphatic imine (C=N–C) groups is 1. The lowest BCUT2D eigenvalue weighted by Crippen LogP contribution is -2.36. The first kappa shape index (κ1) is 24.6. The summed E-state index contributed by atoms with van der Waals surface area (Å²) in [7, 11) is 6.32. The second-order valence-electron chi connectivity index (χ2n) is 8.20. The third-order valence-electron chi connectivity index (χ3n) is 4.86. The Balaban J connectivity index is 0.000000225. The molecule has 1 aliphatic carbocycles. The quantitative estimate of drug-likeness (QED) is 0.537. The van der Waals surface area contributed by atoms with Crippen molar-refractivity contribution in [1.29, 1.82) is 0 Å². The summed E-state index contributed by atoms with van der Waals surface area (Å²) in [6.45, 7) is 8.58. The van der Waals surface area contributed by atoms with Gasteiger partial charge in [-0.15, -0.1) is 0 Å². The van der Waals surface area contributed by atoms with Gasteiger partial charge in [0.15, 0.2) is 0 Å². The topological polar surface area (TPSA) is 55.8 Å². The molecule has 0 radical (unpaired) electrons. The maximum absolute atomic E-state index is 4.31. The van der Waals surface area contributed by atoms with Crippen LogP contribution in [0.3, 0.4) is 0 Å². The highest BCUT2D eigenvalue weighted by molar-refractivity contribution is 5.89. The van der Waals surface area contributed by atoms with Crippen LogP contribution in [0, 0.1) is 5.92 Å². The van der Waals surface area contributed by atoms with Crippen molar-refractivity contribution in [3.05, 3.63) is 79.1 Å². The lowest BCUT2D eigenvalue weighted by molar-refractivity contribution is 0.306. The van der Waals surface area contributed by atoms with E-state index in [0.717, 1.165) is 44.3 Å². The van der Waals surface area contributed by atoms with Crippen molar-refractivity contribution in [2.75, 3.05) is 47.3 Å². The largest absolute Gasteiger partial charge is 0.384 e. The molecular weight excluding hydrogens is 384 g/mol. The molecule has 2 N–H and O–H groups in total. The van der Waals surface area contributed by atoms with Crippen LogP contribution in [0.25, 0.3) is 0 Å². The van der Waals surface area contributed by atoms with Crippen LogP contribution in [0.15, 0.2) is 78.5 Å². The van der Waals surface area contributed by atoms with Crippen LogP contribution in [-0.4, -0.2) is 67.8 Å². The van der Waals surface area contributed by atoms with Gasteiger partial charge in [0.05, 0.1) is 12.3 Å². The van der Waals surface area contributed by atoms with Gasteiger partial charge in [-0.05, 0) is 63.7 Å². The summed E-state index contributed by atoms with van der Waals surface area (Å²) >= 11 is 0. The molecule has 0 amide bonds. The molecule has 1 fully saturated rings. The van der Waals surface area contributed by atoms with E-state index in [1.165, 1.54) is 24.1 Å². The van der Waals surface area contributed by atoms with E-state index in [-0.39, 0.29) is 0 Å². The van der Waals surface area contributed by atoms with E-state index in [2.05, 4.69) is 82.4 Å². The molecule has 31 heavy (non-hydrogen) atoms. The molecule has 0 unspecified atom stereocenters. The molecule has 0 aromatic carbocycles. The van der Waals surface area contributed by atoms with Crippen molar-refractivity contribution in [2.24, 2.45) is 10.9 Å². The van der Waals surface area contributed by atoms with Crippen LogP contribution >= 0.6 is 0 Å². The van der Waals surface area contributed by atoms with Crippen LogP contribution in [-0.2, 0) is 6.54 Å². The summed E-state index contributed by atoms with van der Waals surface area (Å²) in [6, 6.07) is 4.00. The van der Waals surface area contributed by atoms with Crippen molar-refractivity contribution in [3.63, 3.8) is 0 Å². The van der Waals surface area contributed by atoms with Crippen LogP contribution in [0.1, 0.15) is 18.4 Å². The Morgan fingerprint density at radius 1 is 1.29 bits per heavy atom. The predicted octanol–water partition coefficient (Wildman–Crippen LogP) is 3.20. The Hall–Kier alpha value is -2.70. The fourth-order valence-electron chi connectivity index (χ4n) is 2.79. The fourth-order valence-corrected chi connectivity index (χ4v) is 2.79. The Labute approximate surface area is 188 Å². The average molecular weight is 423 g/mol. The first-order valence-corrected chi connectivity index (χ1v) is 11.0. The molecule has 0 spiro atoms. The van der Waals surface area contributed by atoms with Gasteiger partial charge in [-0.25, -0.2) is 0 Å². The smallest absolute Gasteiger partial charge is 0.0542 e. The number of pyridine rings is 1. The third-order valence-corrected chi connectivity index (χ3v) is 4.86. The van der Waals surface area contributed by atoms with Crippen molar-refractivity contribution >= 4 is 5.71 Å². The number of aromatic nitrogens is 1. The Kier molecular flexibility index (Phi) is 11.4. The summed E-state index contributed by atoms with van der Waals surface area (Å²) in [4.78, 5) is 12.9. The van der Waals surface area contributed by atoms with E-state index in [9.17, 15) is 0 Å². The number of allylic oxidation sites excluding steroid dienone is 4. The minimum Gasteiger partial charge on any atom is -0.384 e. The maximum atomic E-state index is 4.31. The van der Waals surface area contributed by atoms with Gasteiger partial charge in [0, 0.05) is 56.7 Å². The SMILES string of the molecule is C=C/C(=C\C=C\C1CC1)NCc1cccnc1.CN(C)CCN(C)CC1=NC=CNC1. The highest BCUT2D eigenvalue weighted by Gasteiger charge is 2.16. The van der Waals surface area contributed by atoms with Gasteiger partial charge in [0.2, 0.25) is 0 Å². The van der Waals surface area contributed by atoms with Gasteiger partial charge in [0.1, 0.15) is 0 Å². The average Bonchev–Trinajstić information content (AvgIpc) is 3.61. The Morgan fingerprint density at radius 2 is 2.13 bits per heavy atom. The summed E-state index contributed by atoms with van der Waals surface area (Å²) < 4.78 is 0.